The Morgan fingerprint density at radius 2 is 2.05 bits per heavy atom. The molecule has 0 spiro atoms. The molecule has 3 rings (SSSR count). The molecule has 0 amide bonds. The van der Waals surface area contributed by atoms with Gasteiger partial charge in [0, 0.05) is 30.1 Å². The molecule has 0 radical (unpaired) electrons. The highest BCUT2D eigenvalue weighted by atomic mass is 16.6. The van der Waals surface area contributed by atoms with E-state index >= 15 is 0 Å². The third-order valence-corrected chi connectivity index (χ3v) is 3.39. The van der Waals surface area contributed by atoms with Gasteiger partial charge in [-0.05, 0) is 12.1 Å². The fourth-order valence-corrected chi connectivity index (χ4v) is 2.36. The molecule has 3 aromatic heterocycles. The highest BCUT2D eigenvalue weighted by Gasteiger charge is 2.13. The zero-order chi connectivity index (χ0) is 15.7. The van der Waals surface area contributed by atoms with Gasteiger partial charge in [0.1, 0.15) is 6.07 Å². The van der Waals surface area contributed by atoms with Gasteiger partial charge in [0.2, 0.25) is 0 Å². The summed E-state index contributed by atoms with van der Waals surface area (Å²) in [5.74, 6) is 0. The number of hydrogen-bond donors (Lipinski definition) is 0. The van der Waals surface area contributed by atoms with Crippen molar-refractivity contribution in [2.24, 2.45) is 0 Å². The number of rotatable bonds is 3. The Balaban J connectivity index is 2.11. The predicted octanol–water partition coefficient (Wildman–Crippen LogP) is 1.93. The lowest BCUT2D eigenvalue weighted by Crippen LogP contribution is -2.19. The molecule has 0 fully saturated rings. The molecule has 22 heavy (non-hydrogen) atoms. The Labute approximate surface area is 124 Å². The molecule has 7 heteroatoms. The molecule has 0 aliphatic rings. The summed E-state index contributed by atoms with van der Waals surface area (Å²) in [4.78, 5) is 22.1. The van der Waals surface area contributed by atoms with Crippen LogP contribution in [-0.4, -0.2) is 13.9 Å². The molecule has 108 valence electrons. The number of pyridine rings is 2. The number of fused-ring (bicyclic) bond motifs is 1. The fraction of sp³-hybridized carbons (Fsp3) is 0.0667. The van der Waals surface area contributed by atoms with Crippen molar-refractivity contribution >= 4 is 11.2 Å². The summed E-state index contributed by atoms with van der Waals surface area (Å²) in [6.07, 6.45) is 4.74. The van der Waals surface area contributed by atoms with Crippen LogP contribution in [0.25, 0.3) is 5.52 Å². The van der Waals surface area contributed by atoms with Crippen LogP contribution in [0.2, 0.25) is 0 Å². The first-order valence-electron chi connectivity index (χ1n) is 6.43. The third-order valence-electron chi connectivity index (χ3n) is 3.39. The van der Waals surface area contributed by atoms with E-state index in [0.29, 0.717) is 11.1 Å². The zero-order valence-electron chi connectivity index (χ0n) is 11.3. The number of nitro groups is 1. The van der Waals surface area contributed by atoms with E-state index in [1.807, 2.05) is 12.1 Å². The maximum absolute atomic E-state index is 11.9. The Kier molecular flexibility index (Phi) is 3.20. The smallest absolute Gasteiger partial charge is 0.285 e. The minimum atomic E-state index is -0.558. The highest BCUT2D eigenvalue weighted by Crippen LogP contribution is 2.19. The Morgan fingerprint density at radius 3 is 2.77 bits per heavy atom. The molecule has 0 aliphatic carbocycles. The zero-order valence-corrected chi connectivity index (χ0v) is 11.3. The minimum Gasteiger partial charge on any atom is -0.322 e. The van der Waals surface area contributed by atoms with E-state index in [0.717, 1.165) is 11.6 Å². The first-order chi connectivity index (χ1) is 10.6. The summed E-state index contributed by atoms with van der Waals surface area (Å²) in [6.45, 7) is 0.102. The van der Waals surface area contributed by atoms with Crippen molar-refractivity contribution in [1.82, 2.24) is 8.97 Å². The average Bonchev–Trinajstić information content (AvgIpc) is 2.86. The first kappa shape index (κ1) is 13.6. The van der Waals surface area contributed by atoms with Gasteiger partial charge in [-0.3, -0.25) is 14.9 Å². The summed E-state index contributed by atoms with van der Waals surface area (Å²) < 4.78 is 3.02. The topological polar surface area (TPSA) is 93.3 Å². The summed E-state index contributed by atoms with van der Waals surface area (Å²) in [6, 6.07) is 9.90. The molecule has 0 aliphatic heterocycles. The van der Waals surface area contributed by atoms with Gasteiger partial charge in [-0.25, -0.2) is 0 Å². The summed E-state index contributed by atoms with van der Waals surface area (Å²) in [7, 11) is 0. The van der Waals surface area contributed by atoms with Crippen LogP contribution in [0, 0.1) is 21.4 Å². The number of nitrogens with zero attached hydrogens (tertiary/aromatic N) is 4. The van der Waals surface area contributed by atoms with Crippen LogP contribution in [0.1, 0.15) is 11.1 Å². The standard InChI is InChI=1S/C15H10N4O3/c16-7-13-11(8-17-6-2-1-3-14(13)17)9-18-10-12(19(21)22)4-5-15(18)20/h1-6,8,10H,9H2. The van der Waals surface area contributed by atoms with Gasteiger partial charge in [0.05, 0.1) is 28.7 Å². The molecule has 0 unspecified atom stereocenters. The first-order valence-corrected chi connectivity index (χ1v) is 6.43. The molecule has 0 saturated carbocycles. The maximum atomic E-state index is 11.9. The number of hydrogen-bond acceptors (Lipinski definition) is 4. The van der Waals surface area contributed by atoms with E-state index in [1.165, 1.54) is 16.8 Å². The van der Waals surface area contributed by atoms with Crippen molar-refractivity contribution in [2.45, 2.75) is 6.54 Å². The van der Waals surface area contributed by atoms with Crippen molar-refractivity contribution in [1.29, 1.82) is 5.26 Å². The molecule has 7 nitrogen and oxygen atoms in total. The Hall–Kier alpha value is -3.40. The van der Waals surface area contributed by atoms with Gasteiger partial charge in [-0.15, -0.1) is 0 Å². The van der Waals surface area contributed by atoms with Gasteiger partial charge in [-0.2, -0.15) is 5.26 Å². The van der Waals surface area contributed by atoms with Crippen LogP contribution in [0.3, 0.4) is 0 Å². The maximum Gasteiger partial charge on any atom is 0.285 e. The molecule has 0 aromatic carbocycles. The van der Waals surface area contributed by atoms with E-state index < -0.39 is 4.92 Å². The summed E-state index contributed by atoms with van der Waals surface area (Å²) >= 11 is 0. The van der Waals surface area contributed by atoms with Crippen LogP contribution in [0.5, 0.6) is 0 Å². The fourth-order valence-electron chi connectivity index (χ4n) is 2.36. The van der Waals surface area contributed by atoms with Crippen LogP contribution in [-0.2, 0) is 6.54 Å². The second-order valence-corrected chi connectivity index (χ2v) is 4.74. The SMILES string of the molecule is N#Cc1c(Cn2cc([N+](=O)[O-])ccc2=O)cn2ccccc12. The second kappa shape index (κ2) is 5.18. The quantitative estimate of drug-likeness (QED) is 0.545. The van der Waals surface area contributed by atoms with Crippen LogP contribution in [0.4, 0.5) is 5.69 Å². The normalized spacial score (nSPS) is 10.5. The van der Waals surface area contributed by atoms with Gasteiger partial charge in [0.25, 0.3) is 11.2 Å². The predicted molar refractivity (Wildman–Crippen MR) is 78.6 cm³/mol. The molecule has 3 aromatic rings. The van der Waals surface area contributed by atoms with Crippen molar-refractivity contribution in [2.75, 3.05) is 0 Å². The summed E-state index contributed by atoms with van der Waals surface area (Å²) in [5, 5.41) is 20.2. The number of aromatic nitrogens is 2. The molecule has 0 atom stereocenters. The van der Waals surface area contributed by atoms with Gasteiger partial charge >= 0.3 is 0 Å². The lowest BCUT2D eigenvalue weighted by atomic mass is 10.2. The van der Waals surface area contributed by atoms with E-state index in [9.17, 15) is 20.2 Å². The van der Waals surface area contributed by atoms with E-state index in [1.54, 1.807) is 22.9 Å². The Bertz CT molecular complexity index is 978. The molecular weight excluding hydrogens is 284 g/mol. The molecule has 0 saturated heterocycles. The van der Waals surface area contributed by atoms with Crippen molar-refractivity contribution in [3.63, 3.8) is 0 Å². The van der Waals surface area contributed by atoms with Gasteiger partial charge < -0.3 is 8.97 Å². The van der Waals surface area contributed by atoms with Crippen LogP contribution < -0.4 is 5.56 Å². The van der Waals surface area contributed by atoms with Gasteiger partial charge in [0.15, 0.2) is 0 Å². The molecule has 0 bridgehead atoms. The third kappa shape index (κ3) is 2.23. The molecule has 0 N–H and O–H groups in total. The average molecular weight is 294 g/mol. The van der Waals surface area contributed by atoms with Crippen molar-refractivity contribution in [3.8, 4) is 6.07 Å². The van der Waals surface area contributed by atoms with Crippen LogP contribution >= 0.6 is 0 Å². The van der Waals surface area contributed by atoms with E-state index in [-0.39, 0.29) is 17.8 Å². The molecular formula is C15H10N4O3. The second-order valence-electron chi connectivity index (χ2n) is 4.74. The lowest BCUT2D eigenvalue weighted by molar-refractivity contribution is -0.385. The lowest BCUT2D eigenvalue weighted by Gasteiger charge is -2.03. The largest absolute Gasteiger partial charge is 0.322 e. The van der Waals surface area contributed by atoms with E-state index in [4.69, 9.17) is 0 Å². The highest BCUT2D eigenvalue weighted by molar-refractivity contribution is 5.65. The minimum absolute atomic E-state index is 0.102. The number of nitriles is 1. The van der Waals surface area contributed by atoms with Crippen LogP contribution in [0.15, 0.2) is 53.7 Å². The van der Waals surface area contributed by atoms with Crippen molar-refractivity contribution in [3.05, 3.63) is 80.5 Å². The van der Waals surface area contributed by atoms with E-state index in [2.05, 4.69) is 6.07 Å². The monoisotopic (exact) mass is 294 g/mol. The van der Waals surface area contributed by atoms with Gasteiger partial charge in [-0.1, -0.05) is 6.07 Å². The molecule has 3 heterocycles. The summed E-state index contributed by atoms with van der Waals surface area (Å²) in [5.41, 5.74) is 1.31. The van der Waals surface area contributed by atoms with Crippen molar-refractivity contribution < 1.29 is 4.92 Å². The Morgan fingerprint density at radius 1 is 1.23 bits per heavy atom.